The third-order valence-electron chi connectivity index (χ3n) is 2.16. The third kappa shape index (κ3) is 1.96. The van der Waals surface area contributed by atoms with Crippen LogP contribution in [0.4, 0.5) is 0 Å². The minimum atomic E-state index is -0.399. The molecule has 1 N–H and O–H groups in total. The summed E-state index contributed by atoms with van der Waals surface area (Å²) < 4.78 is 4.66. The Morgan fingerprint density at radius 1 is 1.64 bits per heavy atom. The number of hydrogen-bond acceptors (Lipinski definition) is 4. The molecule has 0 aliphatic carbocycles. The molecular weight excluding hydrogens is 200 g/mol. The van der Waals surface area contributed by atoms with Gasteiger partial charge in [-0.2, -0.15) is 0 Å². The van der Waals surface area contributed by atoms with Gasteiger partial charge in [-0.1, -0.05) is 13.8 Å². The van der Waals surface area contributed by atoms with Crippen molar-refractivity contribution in [3.05, 3.63) is 21.9 Å². The van der Waals surface area contributed by atoms with Gasteiger partial charge in [-0.3, -0.25) is 0 Å². The van der Waals surface area contributed by atoms with Gasteiger partial charge in [0.2, 0.25) is 0 Å². The van der Waals surface area contributed by atoms with Crippen molar-refractivity contribution in [3.8, 4) is 0 Å². The maximum Gasteiger partial charge on any atom is 0.348 e. The number of rotatable bonds is 3. The minimum absolute atomic E-state index is 0.00767. The molecule has 0 radical (unpaired) electrons. The molecule has 14 heavy (non-hydrogen) atoms. The summed E-state index contributed by atoms with van der Waals surface area (Å²) >= 11 is 1.34. The van der Waals surface area contributed by atoms with E-state index in [1.54, 1.807) is 0 Å². The summed E-state index contributed by atoms with van der Waals surface area (Å²) in [6.07, 6.45) is 0. The van der Waals surface area contributed by atoms with E-state index < -0.39 is 5.41 Å². The number of aliphatic hydroxyl groups is 1. The molecule has 1 aromatic heterocycles. The normalized spacial score (nSPS) is 11.4. The Hall–Kier alpha value is -0.870. The minimum Gasteiger partial charge on any atom is -0.465 e. The zero-order valence-corrected chi connectivity index (χ0v) is 9.35. The molecule has 78 valence electrons. The number of esters is 1. The first kappa shape index (κ1) is 11.2. The predicted octanol–water partition coefficient (Wildman–Crippen LogP) is 1.80. The monoisotopic (exact) mass is 214 g/mol. The summed E-state index contributed by atoms with van der Waals surface area (Å²) in [5, 5.41) is 11.0. The van der Waals surface area contributed by atoms with E-state index in [9.17, 15) is 9.90 Å². The van der Waals surface area contributed by atoms with E-state index >= 15 is 0 Å². The zero-order valence-electron chi connectivity index (χ0n) is 8.53. The Morgan fingerprint density at radius 2 is 2.29 bits per heavy atom. The van der Waals surface area contributed by atoms with Gasteiger partial charge < -0.3 is 9.84 Å². The van der Waals surface area contributed by atoms with Gasteiger partial charge in [0.1, 0.15) is 4.88 Å². The molecule has 0 saturated carbocycles. The summed E-state index contributed by atoms with van der Waals surface area (Å²) in [5.41, 5.74) is 0.445. The average Bonchev–Trinajstić information content (AvgIpc) is 2.65. The molecule has 0 aliphatic rings. The van der Waals surface area contributed by atoms with Crippen LogP contribution in [-0.4, -0.2) is 24.8 Å². The largest absolute Gasteiger partial charge is 0.465 e. The van der Waals surface area contributed by atoms with Crippen LogP contribution in [0.1, 0.15) is 29.1 Å². The summed E-state index contributed by atoms with van der Waals surface area (Å²) in [7, 11) is 1.36. The highest BCUT2D eigenvalue weighted by atomic mass is 32.1. The van der Waals surface area contributed by atoms with Crippen LogP contribution >= 0.6 is 11.3 Å². The molecule has 0 aromatic carbocycles. The van der Waals surface area contributed by atoms with Crippen molar-refractivity contribution < 1.29 is 14.6 Å². The topological polar surface area (TPSA) is 46.5 Å². The fourth-order valence-corrected chi connectivity index (χ4v) is 2.17. The van der Waals surface area contributed by atoms with E-state index in [0.29, 0.717) is 4.88 Å². The molecule has 0 aliphatic heterocycles. The molecule has 0 unspecified atom stereocenters. The first-order valence-electron chi connectivity index (χ1n) is 4.30. The van der Waals surface area contributed by atoms with Gasteiger partial charge in [0.05, 0.1) is 13.7 Å². The van der Waals surface area contributed by atoms with Crippen LogP contribution in [0.5, 0.6) is 0 Å². The maximum absolute atomic E-state index is 11.4. The fraction of sp³-hybridized carbons (Fsp3) is 0.500. The fourth-order valence-electron chi connectivity index (χ4n) is 1.18. The Kier molecular flexibility index (Phi) is 3.29. The number of methoxy groups -OCH3 is 1. The summed E-state index contributed by atoms with van der Waals surface area (Å²) in [6, 6.07) is 1.85. The van der Waals surface area contributed by atoms with E-state index in [-0.39, 0.29) is 12.6 Å². The van der Waals surface area contributed by atoms with Crippen molar-refractivity contribution >= 4 is 17.3 Å². The van der Waals surface area contributed by atoms with Gasteiger partial charge in [-0.15, -0.1) is 11.3 Å². The first-order valence-corrected chi connectivity index (χ1v) is 5.18. The van der Waals surface area contributed by atoms with Crippen molar-refractivity contribution in [2.75, 3.05) is 13.7 Å². The van der Waals surface area contributed by atoms with Crippen LogP contribution in [0.25, 0.3) is 0 Å². The van der Waals surface area contributed by atoms with Gasteiger partial charge in [0.25, 0.3) is 0 Å². The lowest BCUT2D eigenvalue weighted by molar-refractivity contribution is 0.0602. The number of hydrogen-bond donors (Lipinski definition) is 1. The van der Waals surface area contributed by atoms with E-state index in [1.165, 1.54) is 18.4 Å². The molecule has 3 nitrogen and oxygen atoms in total. The van der Waals surface area contributed by atoms with Crippen LogP contribution < -0.4 is 0 Å². The molecule has 1 aromatic rings. The highest BCUT2D eigenvalue weighted by molar-refractivity contribution is 7.12. The average molecular weight is 214 g/mol. The number of thiophene rings is 1. The zero-order chi connectivity index (χ0) is 10.8. The van der Waals surface area contributed by atoms with Crippen LogP contribution in [0.3, 0.4) is 0 Å². The molecule has 4 heteroatoms. The standard InChI is InChI=1S/C10H14O3S/c1-10(2,6-11)7-4-5-14-8(7)9(12)13-3/h4-5,11H,6H2,1-3H3. The lowest BCUT2D eigenvalue weighted by atomic mass is 9.86. The van der Waals surface area contributed by atoms with E-state index in [0.717, 1.165) is 5.56 Å². The molecule has 0 spiro atoms. The van der Waals surface area contributed by atoms with Crippen molar-refractivity contribution in [2.45, 2.75) is 19.3 Å². The maximum atomic E-state index is 11.4. The third-order valence-corrected chi connectivity index (χ3v) is 3.05. The molecule has 1 heterocycles. The van der Waals surface area contributed by atoms with Crippen LogP contribution in [-0.2, 0) is 10.2 Å². The van der Waals surface area contributed by atoms with Crippen molar-refractivity contribution in [2.24, 2.45) is 0 Å². The van der Waals surface area contributed by atoms with Crippen LogP contribution in [0, 0.1) is 0 Å². The first-order chi connectivity index (χ1) is 6.53. The quantitative estimate of drug-likeness (QED) is 0.780. The molecule has 0 bridgehead atoms. The smallest absolute Gasteiger partial charge is 0.348 e. The Labute approximate surface area is 87.3 Å². The van der Waals surface area contributed by atoms with E-state index in [4.69, 9.17) is 0 Å². The summed E-state index contributed by atoms with van der Waals surface area (Å²) in [5.74, 6) is -0.337. The van der Waals surface area contributed by atoms with Crippen molar-refractivity contribution in [1.29, 1.82) is 0 Å². The second kappa shape index (κ2) is 4.11. The SMILES string of the molecule is COC(=O)c1sccc1C(C)(C)CO. The Balaban J connectivity index is 3.10. The molecule has 0 fully saturated rings. The number of carbonyl (C=O) groups is 1. The highest BCUT2D eigenvalue weighted by Crippen LogP contribution is 2.30. The number of carbonyl (C=O) groups excluding carboxylic acids is 1. The van der Waals surface area contributed by atoms with E-state index in [2.05, 4.69) is 4.74 Å². The molecular formula is C10H14O3S. The van der Waals surface area contributed by atoms with Crippen LogP contribution in [0.15, 0.2) is 11.4 Å². The number of ether oxygens (including phenoxy) is 1. The second-order valence-corrected chi connectivity index (χ2v) is 4.61. The van der Waals surface area contributed by atoms with E-state index in [1.807, 2.05) is 25.3 Å². The van der Waals surface area contributed by atoms with Gasteiger partial charge in [0.15, 0.2) is 0 Å². The lowest BCUT2D eigenvalue weighted by Crippen LogP contribution is -2.24. The van der Waals surface area contributed by atoms with Gasteiger partial charge in [-0.05, 0) is 17.0 Å². The van der Waals surface area contributed by atoms with Gasteiger partial charge in [-0.25, -0.2) is 4.79 Å². The molecule has 0 atom stereocenters. The van der Waals surface area contributed by atoms with Crippen LogP contribution in [0.2, 0.25) is 0 Å². The summed E-state index contributed by atoms with van der Waals surface area (Å²) in [4.78, 5) is 11.9. The predicted molar refractivity (Wildman–Crippen MR) is 55.8 cm³/mol. The summed E-state index contributed by atoms with van der Waals surface area (Å²) in [6.45, 7) is 3.79. The molecule has 0 saturated heterocycles. The molecule has 0 amide bonds. The molecule has 1 rings (SSSR count). The van der Waals surface area contributed by atoms with Crippen molar-refractivity contribution in [1.82, 2.24) is 0 Å². The van der Waals surface area contributed by atoms with Crippen molar-refractivity contribution in [3.63, 3.8) is 0 Å². The Bertz CT molecular complexity index is 328. The second-order valence-electron chi connectivity index (χ2n) is 3.70. The Morgan fingerprint density at radius 3 is 2.79 bits per heavy atom. The lowest BCUT2D eigenvalue weighted by Gasteiger charge is -2.21. The van der Waals surface area contributed by atoms with Gasteiger partial charge >= 0.3 is 5.97 Å². The van der Waals surface area contributed by atoms with Gasteiger partial charge in [0, 0.05) is 5.41 Å². The number of aliphatic hydroxyl groups excluding tert-OH is 1. The highest BCUT2D eigenvalue weighted by Gasteiger charge is 2.26.